The van der Waals surface area contributed by atoms with E-state index < -0.39 is 6.36 Å². The fourth-order valence-electron chi connectivity index (χ4n) is 2.75. The van der Waals surface area contributed by atoms with Gasteiger partial charge in [-0.15, -0.1) is 13.2 Å². The number of hydrogen-bond acceptors (Lipinski definition) is 6. The Morgan fingerprint density at radius 2 is 1.87 bits per heavy atom. The Morgan fingerprint density at radius 3 is 2.55 bits per heavy atom. The lowest BCUT2D eigenvalue weighted by atomic mass is 10.1. The molecule has 0 bridgehead atoms. The lowest BCUT2D eigenvalue weighted by Crippen LogP contribution is -2.21. The zero-order valence-corrected chi connectivity index (χ0v) is 16.7. The summed E-state index contributed by atoms with van der Waals surface area (Å²) in [6, 6.07) is 10.8. The van der Waals surface area contributed by atoms with E-state index in [-0.39, 0.29) is 30.2 Å². The van der Waals surface area contributed by atoms with E-state index >= 15 is 0 Å². The SMILES string of the molecule is Cc1cc(F)ccc1Nc1cc(-c2cccc(OC(F)(F)F)c2)nc(N[C@@H](C)CO)n1. The third-order valence-electron chi connectivity index (χ3n) is 4.19. The van der Waals surface area contributed by atoms with Crippen LogP contribution >= 0.6 is 0 Å². The topological polar surface area (TPSA) is 79.3 Å². The molecule has 10 heteroatoms. The van der Waals surface area contributed by atoms with Crippen molar-refractivity contribution in [2.75, 3.05) is 17.2 Å². The summed E-state index contributed by atoms with van der Waals surface area (Å²) in [6.45, 7) is 3.26. The summed E-state index contributed by atoms with van der Waals surface area (Å²) in [5.74, 6) is -0.282. The van der Waals surface area contributed by atoms with Gasteiger partial charge in [0.15, 0.2) is 0 Å². The average molecular weight is 436 g/mol. The Labute approximate surface area is 175 Å². The molecule has 0 fully saturated rings. The van der Waals surface area contributed by atoms with Crippen LogP contribution in [0, 0.1) is 12.7 Å². The highest BCUT2D eigenvalue weighted by atomic mass is 19.4. The highest BCUT2D eigenvalue weighted by molar-refractivity contribution is 5.69. The molecular formula is C21H20F4N4O2. The number of anilines is 3. The number of rotatable bonds is 7. The molecule has 3 N–H and O–H groups in total. The number of aliphatic hydroxyl groups is 1. The molecule has 0 radical (unpaired) electrons. The molecule has 31 heavy (non-hydrogen) atoms. The maximum Gasteiger partial charge on any atom is 0.573 e. The molecule has 0 aliphatic heterocycles. The first-order chi connectivity index (χ1) is 14.6. The molecule has 164 valence electrons. The smallest absolute Gasteiger partial charge is 0.406 e. The number of aryl methyl sites for hydroxylation is 1. The van der Waals surface area contributed by atoms with Crippen LogP contribution in [0.25, 0.3) is 11.3 Å². The summed E-state index contributed by atoms with van der Waals surface area (Å²) in [5, 5.41) is 15.3. The number of nitrogens with zero attached hydrogens (tertiary/aromatic N) is 2. The number of aliphatic hydroxyl groups excluding tert-OH is 1. The Bertz CT molecular complexity index is 1060. The van der Waals surface area contributed by atoms with E-state index in [4.69, 9.17) is 0 Å². The van der Waals surface area contributed by atoms with Crippen molar-refractivity contribution in [1.29, 1.82) is 0 Å². The second kappa shape index (κ2) is 9.17. The molecule has 0 spiro atoms. The van der Waals surface area contributed by atoms with Gasteiger partial charge in [0.1, 0.15) is 17.4 Å². The van der Waals surface area contributed by atoms with Gasteiger partial charge in [-0.2, -0.15) is 4.98 Å². The van der Waals surface area contributed by atoms with Crippen molar-refractivity contribution in [1.82, 2.24) is 9.97 Å². The van der Waals surface area contributed by atoms with Gasteiger partial charge in [-0.25, -0.2) is 9.37 Å². The lowest BCUT2D eigenvalue weighted by molar-refractivity contribution is -0.274. The van der Waals surface area contributed by atoms with Crippen molar-refractivity contribution in [3.8, 4) is 17.0 Å². The van der Waals surface area contributed by atoms with Crippen LogP contribution < -0.4 is 15.4 Å². The second-order valence-corrected chi connectivity index (χ2v) is 6.85. The molecule has 3 aromatic rings. The number of benzene rings is 2. The average Bonchev–Trinajstić information content (AvgIpc) is 2.69. The monoisotopic (exact) mass is 436 g/mol. The Balaban J connectivity index is 2.00. The number of nitrogens with one attached hydrogen (secondary N) is 2. The van der Waals surface area contributed by atoms with Crippen LogP contribution in [0.4, 0.5) is 35.0 Å². The standard InChI is InChI=1S/C21H20F4N4O2/c1-12-8-15(22)6-7-17(12)27-19-10-18(28-20(29-19)26-13(2)11-30)14-4-3-5-16(9-14)31-21(23,24)25/h3-10,13,30H,11H2,1-2H3,(H2,26,27,28,29)/t13-/m0/s1. The summed E-state index contributed by atoms with van der Waals surface area (Å²) in [7, 11) is 0. The van der Waals surface area contributed by atoms with Gasteiger partial charge in [-0.05, 0) is 49.7 Å². The van der Waals surface area contributed by atoms with Crippen molar-refractivity contribution < 1.29 is 27.4 Å². The number of aromatic nitrogens is 2. The third-order valence-corrected chi connectivity index (χ3v) is 4.19. The van der Waals surface area contributed by atoms with Gasteiger partial charge in [0.2, 0.25) is 5.95 Å². The largest absolute Gasteiger partial charge is 0.573 e. The van der Waals surface area contributed by atoms with Crippen LogP contribution in [-0.4, -0.2) is 34.1 Å². The minimum Gasteiger partial charge on any atom is -0.406 e. The number of alkyl halides is 3. The van der Waals surface area contributed by atoms with Crippen LogP contribution in [0.3, 0.4) is 0 Å². The van der Waals surface area contributed by atoms with Crippen LogP contribution in [0.15, 0.2) is 48.5 Å². The molecule has 1 heterocycles. The molecule has 3 rings (SSSR count). The van der Waals surface area contributed by atoms with Crippen LogP contribution in [0.2, 0.25) is 0 Å². The molecule has 0 unspecified atom stereocenters. The summed E-state index contributed by atoms with van der Waals surface area (Å²) in [5.41, 5.74) is 1.92. The van der Waals surface area contributed by atoms with Gasteiger partial charge in [0, 0.05) is 23.4 Å². The molecule has 6 nitrogen and oxygen atoms in total. The zero-order valence-electron chi connectivity index (χ0n) is 16.7. The fourth-order valence-corrected chi connectivity index (χ4v) is 2.75. The molecule has 2 aromatic carbocycles. The predicted octanol–water partition coefficient (Wildman–Crippen LogP) is 5.03. The predicted molar refractivity (Wildman–Crippen MR) is 109 cm³/mol. The molecule has 1 atom stereocenters. The second-order valence-electron chi connectivity index (χ2n) is 6.85. The van der Waals surface area contributed by atoms with Crippen molar-refractivity contribution in [3.05, 3.63) is 59.9 Å². The van der Waals surface area contributed by atoms with E-state index in [1.165, 1.54) is 30.3 Å². The first-order valence-electron chi connectivity index (χ1n) is 9.29. The quantitative estimate of drug-likeness (QED) is 0.451. The van der Waals surface area contributed by atoms with Crippen molar-refractivity contribution in [2.45, 2.75) is 26.3 Å². The van der Waals surface area contributed by atoms with E-state index in [9.17, 15) is 22.7 Å². The maximum atomic E-state index is 13.4. The Morgan fingerprint density at radius 1 is 1.10 bits per heavy atom. The van der Waals surface area contributed by atoms with E-state index in [0.717, 1.165) is 0 Å². The molecule has 0 amide bonds. The van der Waals surface area contributed by atoms with Gasteiger partial charge in [-0.3, -0.25) is 0 Å². The number of halogens is 4. The van der Waals surface area contributed by atoms with Gasteiger partial charge in [0.25, 0.3) is 0 Å². The van der Waals surface area contributed by atoms with E-state index in [2.05, 4.69) is 25.3 Å². The summed E-state index contributed by atoms with van der Waals surface area (Å²) in [6.07, 6.45) is -4.82. The van der Waals surface area contributed by atoms with Crippen LogP contribution in [0.1, 0.15) is 12.5 Å². The van der Waals surface area contributed by atoms with Crippen LogP contribution in [0.5, 0.6) is 5.75 Å². The number of ether oxygens (including phenoxy) is 1. The summed E-state index contributed by atoms with van der Waals surface area (Å²) in [4.78, 5) is 8.68. The molecule has 0 aliphatic carbocycles. The Hall–Kier alpha value is -3.40. The first-order valence-corrected chi connectivity index (χ1v) is 9.29. The van der Waals surface area contributed by atoms with Gasteiger partial charge in [0.05, 0.1) is 12.3 Å². The summed E-state index contributed by atoms with van der Waals surface area (Å²) >= 11 is 0. The lowest BCUT2D eigenvalue weighted by Gasteiger charge is -2.15. The molecule has 0 saturated carbocycles. The van der Waals surface area contributed by atoms with Crippen molar-refractivity contribution in [2.24, 2.45) is 0 Å². The van der Waals surface area contributed by atoms with Gasteiger partial charge < -0.3 is 20.5 Å². The third kappa shape index (κ3) is 6.29. The first kappa shape index (κ1) is 22.3. The van der Waals surface area contributed by atoms with Gasteiger partial charge in [-0.1, -0.05) is 12.1 Å². The van der Waals surface area contributed by atoms with E-state index in [1.807, 2.05) is 0 Å². The maximum absolute atomic E-state index is 13.4. The van der Waals surface area contributed by atoms with Crippen LogP contribution in [-0.2, 0) is 0 Å². The number of hydrogen-bond donors (Lipinski definition) is 3. The normalized spacial score (nSPS) is 12.4. The Kier molecular flexibility index (Phi) is 6.59. The highest BCUT2D eigenvalue weighted by Gasteiger charge is 2.31. The van der Waals surface area contributed by atoms with Gasteiger partial charge >= 0.3 is 6.36 Å². The molecule has 0 aliphatic rings. The van der Waals surface area contributed by atoms with Crippen molar-refractivity contribution >= 4 is 17.5 Å². The summed E-state index contributed by atoms with van der Waals surface area (Å²) < 4.78 is 55.1. The molecule has 1 aromatic heterocycles. The fraction of sp³-hybridized carbons (Fsp3) is 0.238. The van der Waals surface area contributed by atoms with E-state index in [0.29, 0.717) is 28.3 Å². The van der Waals surface area contributed by atoms with E-state index in [1.54, 1.807) is 32.0 Å². The molecular weight excluding hydrogens is 416 g/mol. The minimum absolute atomic E-state index is 0.156. The van der Waals surface area contributed by atoms with Crippen molar-refractivity contribution in [3.63, 3.8) is 0 Å². The zero-order chi connectivity index (χ0) is 22.6. The highest BCUT2D eigenvalue weighted by Crippen LogP contribution is 2.30. The molecule has 0 saturated heterocycles. The minimum atomic E-state index is -4.82.